The Kier molecular flexibility index (Phi) is 5.28. The van der Waals surface area contributed by atoms with Gasteiger partial charge in [-0.3, -0.25) is 4.98 Å². The minimum Gasteiger partial charge on any atom is -0.391 e. The molecule has 1 saturated carbocycles. The Morgan fingerprint density at radius 1 is 1.32 bits per heavy atom. The predicted octanol–water partition coefficient (Wildman–Crippen LogP) is 2.72. The summed E-state index contributed by atoms with van der Waals surface area (Å²) in [5, 5.41) is 13.0. The molecule has 1 aromatic heterocycles. The average molecular weight is 343 g/mol. The summed E-state index contributed by atoms with van der Waals surface area (Å²) in [4.78, 5) is 18.3. The number of amides is 2. The second kappa shape index (κ2) is 7.61. The molecular weight excluding hydrogens is 321 g/mol. The fourth-order valence-electron chi connectivity index (χ4n) is 2.76. The van der Waals surface area contributed by atoms with Crippen LogP contribution in [0.4, 0.5) is 9.18 Å². The van der Waals surface area contributed by atoms with Gasteiger partial charge in [0.1, 0.15) is 5.82 Å². The molecule has 6 heteroatoms. The van der Waals surface area contributed by atoms with Crippen LogP contribution in [0.2, 0.25) is 0 Å². The van der Waals surface area contributed by atoms with Crippen molar-refractivity contribution in [3.05, 3.63) is 65.7 Å². The van der Waals surface area contributed by atoms with E-state index in [1.165, 1.54) is 17.0 Å². The minimum absolute atomic E-state index is 0.287. The first kappa shape index (κ1) is 17.4. The molecule has 25 heavy (non-hydrogen) atoms. The van der Waals surface area contributed by atoms with Crippen molar-refractivity contribution in [1.82, 2.24) is 15.2 Å². The number of rotatable bonds is 6. The van der Waals surface area contributed by atoms with Crippen LogP contribution in [0.15, 0.2) is 48.7 Å². The van der Waals surface area contributed by atoms with Gasteiger partial charge in [0.25, 0.3) is 0 Å². The zero-order valence-corrected chi connectivity index (χ0v) is 14.1. The van der Waals surface area contributed by atoms with Crippen LogP contribution in [-0.4, -0.2) is 40.7 Å². The van der Waals surface area contributed by atoms with E-state index in [0.717, 1.165) is 18.4 Å². The second-order valence-electron chi connectivity index (χ2n) is 6.47. The number of aliphatic hydroxyl groups is 1. The highest BCUT2D eigenvalue weighted by molar-refractivity contribution is 5.75. The van der Waals surface area contributed by atoms with Crippen LogP contribution >= 0.6 is 0 Å². The molecule has 2 aromatic rings. The van der Waals surface area contributed by atoms with Crippen molar-refractivity contribution in [2.24, 2.45) is 5.92 Å². The molecule has 2 atom stereocenters. The predicted molar refractivity (Wildman–Crippen MR) is 92.4 cm³/mol. The minimum atomic E-state index is -0.491. The molecular formula is C19H22FN3O2. The molecule has 0 aliphatic heterocycles. The standard InChI is InChI=1S/C19H22FN3O2/c1-23(12-17(24)13-5-6-13)19(25)22-18(16-4-2-3-11-21-16)14-7-9-15(20)10-8-14/h2-4,7-11,13,17-18,24H,5-6,12H2,1H3,(H,22,25). The lowest BCUT2D eigenvalue weighted by Crippen LogP contribution is -2.43. The summed E-state index contributed by atoms with van der Waals surface area (Å²) in [5.41, 5.74) is 1.41. The SMILES string of the molecule is CN(CC(O)C1CC1)C(=O)NC(c1ccc(F)cc1)c1ccccn1. The lowest BCUT2D eigenvalue weighted by atomic mass is 10.0. The third kappa shape index (κ3) is 4.54. The van der Waals surface area contributed by atoms with Crippen LogP contribution in [0.5, 0.6) is 0 Å². The Morgan fingerprint density at radius 2 is 2.04 bits per heavy atom. The van der Waals surface area contributed by atoms with Crippen LogP contribution < -0.4 is 5.32 Å². The third-order valence-electron chi connectivity index (χ3n) is 4.43. The highest BCUT2D eigenvalue weighted by Gasteiger charge is 2.31. The highest BCUT2D eigenvalue weighted by Crippen LogP contribution is 2.32. The summed E-state index contributed by atoms with van der Waals surface area (Å²) in [5.74, 6) is -0.0292. The topological polar surface area (TPSA) is 65.5 Å². The molecule has 2 amide bonds. The summed E-state index contributed by atoms with van der Waals surface area (Å²) in [6.45, 7) is 0.287. The highest BCUT2D eigenvalue weighted by atomic mass is 19.1. The molecule has 1 aromatic carbocycles. The number of nitrogens with one attached hydrogen (secondary N) is 1. The normalized spacial score (nSPS) is 16.1. The maximum Gasteiger partial charge on any atom is 0.318 e. The van der Waals surface area contributed by atoms with Crippen molar-refractivity contribution in [2.75, 3.05) is 13.6 Å². The van der Waals surface area contributed by atoms with E-state index in [1.54, 1.807) is 31.4 Å². The van der Waals surface area contributed by atoms with Gasteiger partial charge in [-0.25, -0.2) is 9.18 Å². The quantitative estimate of drug-likeness (QED) is 0.848. The lowest BCUT2D eigenvalue weighted by molar-refractivity contribution is 0.113. The number of benzene rings is 1. The Labute approximate surface area is 146 Å². The number of likely N-dealkylation sites (N-methyl/N-ethyl adjacent to an activating group) is 1. The van der Waals surface area contributed by atoms with Gasteiger partial charge in [-0.15, -0.1) is 0 Å². The van der Waals surface area contributed by atoms with E-state index in [4.69, 9.17) is 0 Å². The van der Waals surface area contributed by atoms with Crippen LogP contribution in [-0.2, 0) is 0 Å². The van der Waals surface area contributed by atoms with Gasteiger partial charge in [0.05, 0.1) is 17.8 Å². The smallest absolute Gasteiger partial charge is 0.318 e. The molecule has 1 aliphatic carbocycles. The summed E-state index contributed by atoms with van der Waals surface area (Å²) in [6.07, 6.45) is 3.19. The van der Waals surface area contributed by atoms with Gasteiger partial charge < -0.3 is 15.3 Å². The Balaban J connectivity index is 1.75. The van der Waals surface area contributed by atoms with Gasteiger partial charge in [0, 0.05) is 19.8 Å². The van der Waals surface area contributed by atoms with Crippen molar-refractivity contribution in [3.63, 3.8) is 0 Å². The fraction of sp³-hybridized carbons (Fsp3) is 0.368. The van der Waals surface area contributed by atoms with Gasteiger partial charge >= 0.3 is 6.03 Å². The van der Waals surface area contributed by atoms with Gasteiger partial charge in [-0.1, -0.05) is 18.2 Å². The zero-order valence-electron chi connectivity index (χ0n) is 14.1. The van der Waals surface area contributed by atoms with Crippen molar-refractivity contribution in [1.29, 1.82) is 0 Å². The van der Waals surface area contributed by atoms with Crippen molar-refractivity contribution in [3.8, 4) is 0 Å². The van der Waals surface area contributed by atoms with E-state index < -0.39 is 12.1 Å². The monoisotopic (exact) mass is 343 g/mol. The van der Waals surface area contributed by atoms with E-state index in [0.29, 0.717) is 11.6 Å². The van der Waals surface area contributed by atoms with Gasteiger partial charge in [0.15, 0.2) is 0 Å². The number of pyridine rings is 1. The zero-order chi connectivity index (χ0) is 17.8. The summed E-state index contributed by atoms with van der Waals surface area (Å²) in [6, 6.07) is 10.6. The molecule has 5 nitrogen and oxygen atoms in total. The van der Waals surface area contributed by atoms with Gasteiger partial charge in [-0.05, 0) is 48.6 Å². The molecule has 0 bridgehead atoms. The number of carbonyl (C=O) groups excluding carboxylic acids is 1. The molecule has 0 spiro atoms. The van der Waals surface area contributed by atoms with Crippen LogP contribution in [0.3, 0.4) is 0 Å². The lowest BCUT2D eigenvalue weighted by Gasteiger charge is -2.25. The van der Waals surface area contributed by atoms with Crippen molar-refractivity contribution < 1.29 is 14.3 Å². The van der Waals surface area contributed by atoms with Gasteiger partial charge in [0.2, 0.25) is 0 Å². The van der Waals surface area contributed by atoms with Crippen LogP contribution in [0.25, 0.3) is 0 Å². The Hall–Kier alpha value is -2.47. The largest absolute Gasteiger partial charge is 0.391 e. The number of nitrogens with zero attached hydrogens (tertiary/aromatic N) is 2. The summed E-state index contributed by atoms with van der Waals surface area (Å²) >= 11 is 0. The van der Waals surface area contributed by atoms with Crippen LogP contribution in [0, 0.1) is 11.7 Å². The molecule has 132 valence electrons. The molecule has 2 N–H and O–H groups in total. The van der Waals surface area contributed by atoms with E-state index in [2.05, 4.69) is 10.3 Å². The number of carbonyl (C=O) groups is 1. The molecule has 1 heterocycles. The van der Waals surface area contributed by atoms with Crippen molar-refractivity contribution >= 4 is 6.03 Å². The summed E-state index contributed by atoms with van der Waals surface area (Å²) in [7, 11) is 1.65. The molecule has 1 aliphatic rings. The first-order valence-corrected chi connectivity index (χ1v) is 8.40. The fourth-order valence-corrected chi connectivity index (χ4v) is 2.76. The molecule has 1 fully saturated rings. The summed E-state index contributed by atoms with van der Waals surface area (Å²) < 4.78 is 13.2. The number of hydrogen-bond donors (Lipinski definition) is 2. The molecule has 3 rings (SSSR count). The average Bonchev–Trinajstić information content (AvgIpc) is 3.46. The van der Waals surface area contributed by atoms with Crippen LogP contribution in [0.1, 0.15) is 30.1 Å². The van der Waals surface area contributed by atoms with E-state index in [-0.39, 0.29) is 18.4 Å². The molecule has 0 saturated heterocycles. The Morgan fingerprint density at radius 3 is 2.64 bits per heavy atom. The van der Waals surface area contributed by atoms with Gasteiger partial charge in [-0.2, -0.15) is 0 Å². The van der Waals surface area contributed by atoms with E-state index in [9.17, 15) is 14.3 Å². The number of hydrogen-bond acceptors (Lipinski definition) is 3. The molecule has 2 unspecified atom stereocenters. The van der Waals surface area contributed by atoms with E-state index >= 15 is 0 Å². The van der Waals surface area contributed by atoms with E-state index in [1.807, 2.05) is 12.1 Å². The number of halogens is 1. The van der Waals surface area contributed by atoms with Crippen molar-refractivity contribution in [2.45, 2.75) is 25.0 Å². The first-order valence-electron chi connectivity index (χ1n) is 8.40. The number of aliphatic hydroxyl groups excluding tert-OH is 1. The number of urea groups is 1. The third-order valence-corrected chi connectivity index (χ3v) is 4.43. The first-order chi connectivity index (χ1) is 12.0. The molecule has 0 radical (unpaired) electrons. The Bertz CT molecular complexity index is 704. The maximum atomic E-state index is 13.2. The second-order valence-corrected chi connectivity index (χ2v) is 6.47. The maximum absolute atomic E-state index is 13.2. The number of aromatic nitrogens is 1.